The van der Waals surface area contributed by atoms with Gasteiger partial charge in [0.05, 0.1) is 0 Å². The summed E-state index contributed by atoms with van der Waals surface area (Å²) in [6, 6.07) is 0.296. The first kappa shape index (κ1) is 16.8. The number of amides is 1. The summed E-state index contributed by atoms with van der Waals surface area (Å²) in [6.45, 7) is 10.9. The van der Waals surface area contributed by atoms with Crippen LogP contribution in [0, 0.1) is 16.7 Å². The fraction of sp³-hybridized carbons (Fsp3) is 0.933. The Hall–Kier alpha value is -0.280. The van der Waals surface area contributed by atoms with Gasteiger partial charge in [0.1, 0.15) is 0 Å². The molecule has 2 aliphatic rings. The van der Waals surface area contributed by atoms with Gasteiger partial charge >= 0.3 is 0 Å². The van der Waals surface area contributed by atoms with Crippen molar-refractivity contribution in [2.45, 2.75) is 59.4 Å². The van der Waals surface area contributed by atoms with Crippen LogP contribution >= 0.6 is 12.4 Å². The maximum absolute atomic E-state index is 12.4. The van der Waals surface area contributed by atoms with Crippen LogP contribution in [0.4, 0.5) is 0 Å². The molecule has 1 aliphatic heterocycles. The summed E-state index contributed by atoms with van der Waals surface area (Å²) in [4.78, 5) is 12.4. The molecule has 0 bridgehead atoms. The molecule has 0 aromatic rings. The summed E-state index contributed by atoms with van der Waals surface area (Å²) in [5.41, 5.74) is 0.506. The fourth-order valence-electron chi connectivity index (χ4n) is 3.40. The second kappa shape index (κ2) is 6.01. The molecule has 1 heterocycles. The van der Waals surface area contributed by atoms with E-state index >= 15 is 0 Å². The number of piperidine rings is 1. The molecule has 1 amide bonds. The summed E-state index contributed by atoms with van der Waals surface area (Å²) in [5, 5.41) is 6.67. The highest BCUT2D eigenvalue weighted by atomic mass is 35.5. The molecule has 2 atom stereocenters. The van der Waals surface area contributed by atoms with E-state index in [1.54, 1.807) is 0 Å². The van der Waals surface area contributed by atoms with Crippen LogP contribution in [0.1, 0.15) is 53.4 Å². The number of carbonyl (C=O) groups is 1. The number of halogens is 1. The van der Waals surface area contributed by atoms with Gasteiger partial charge in [-0.15, -0.1) is 12.4 Å². The molecule has 4 heteroatoms. The summed E-state index contributed by atoms with van der Waals surface area (Å²) >= 11 is 0. The van der Waals surface area contributed by atoms with Crippen molar-refractivity contribution in [3.63, 3.8) is 0 Å². The Labute approximate surface area is 123 Å². The Balaban J connectivity index is 0.00000180. The zero-order valence-electron chi connectivity index (χ0n) is 12.7. The molecule has 112 valence electrons. The Morgan fingerprint density at radius 3 is 2.42 bits per heavy atom. The summed E-state index contributed by atoms with van der Waals surface area (Å²) < 4.78 is 0. The van der Waals surface area contributed by atoms with Crippen molar-refractivity contribution in [3.8, 4) is 0 Å². The zero-order valence-corrected chi connectivity index (χ0v) is 13.5. The van der Waals surface area contributed by atoms with Gasteiger partial charge < -0.3 is 10.6 Å². The predicted molar refractivity (Wildman–Crippen MR) is 81.6 cm³/mol. The van der Waals surface area contributed by atoms with E-state index in [4.69, 9.17) is 0 Å². The summed E-state index contributed by atoms with van der Waals surface area (Å²) in [5.74, 6) is 0.592. The molecule has 0 aromatic carbocycles. The third-order valence-electron chi connectivity index (χ3n) is 4.88. The Morgan fingerprint density at radius 1 is 1.37 bits per heavy atom. The second-order valence-corrected chi connectivity index (χ2v) is 7.20. The van der Waals surface area contributed by atoms with Gasteiger partial charge in [0.25, 0.3) is 0 Å². The Bertz CT molecular complexity index is 319. The highest BCUT2D eigenvalue weighted by Gasteiger charge is 2.57. The third-order valence-corrected chi connectivity index (χ3v) is 4.88. The normalized spacial score (nSPS) is 26.4. The van der Waals surface area contributed by atoms with E-state index in [0.29, 0.717) is 17.4 Å². The molecule has 19 heavy (non-hydrogen) atoms. The maximum Gasteiger partial charge on any atom is 0.223 e. The molecule has 3 nitrogen and oxygen atoms in total. The quantitative estimate of drug-likeness (QED) is 0.838. The molecule has 1 saturated carbocycles. The van der Waals surface area contributed by atoms with Crippen molar-refractivity contribution >= 4 is 18.3 Å². The standard InChI is InChI=1S/C15H28N2O.ClH/c1-5-12(14(2,3)4)17-13(18)11-10-15(11)6-8-16-9-7-15;/h11-12,16H,5-10H2,1-4H3,(H,17,18);1H. The lowest BCUT2D eigenvalue weighted by Gasteiger charge is -2.31. The molecule has 2 rings (SSSR count). The first-order valence-electron chi connectivity index (χ1n) is 7.40. The van der Waals surface area contributed by atoms with E-state index < -0.39 is 0 Å². The molecule has 1 aliphatic carbocycles. The first-order valence-corrected chi connectivity index (χ1v) is 7.40. The topological polar surface area (TPSA) is 41.1 Å². The van der Waals surface area contributed by atoms with Crippen LogP contribution in [0.15, 0.2) is 0 Å². The Kier molecular flexibility index (Phi) is 5.30. The third kappa shape index (κ3) is 3.63. The highest BCUT2D eigenvalue weighted by molar-refractivity contribution is 5.85. The minimum absolute atomic E-state index is 0. The first-order chi connectivity index (χ1) is 8.39. The average Bonchev–Trinajstić information content (AvgIpc) is 2.99. The van der Waals surface area contributed by atoms with Gasteiger partial charge in [0, 0.05) is 12.0 Å². The van der Waals surface area contributed by atoms with Crippen molar-refractivity contribution in [2.75, 3.05) is 13.1 Å². The fourth-order valence-corrected chi connectivity index (χ4v) is 3.40. The van der Waals surface area contributed by atoms with Gasteiger partial charge in [0.2, 0.25) is 5.91 Å². The van der Waals surface area contributed by atoms with E-state index in [1.165, 1.54) is 12.8 Å². The van der Waals surface area contributed by atoms with Crippen LogP contribution in [0.3, 0.4) is 0 Å². The van der Waals surface area contributed by atoms with Gasteiger partial charge in [-0.2, -0.15) is 0 Å². The molecule has 2 unspecified atom stereocenters. The van der Waals surface area contributed by atoms with Crippen LogP contribution in [0.5, 0.6) is 0 Å². The molecule has 2 fully saturated rings. The van der Waals surface area contributed by atoms with Gasteiger partial charge in [-0.3, -0.25) is 4.79 Å². The largest absolute Gasteiger partial charge is 0.353 e. The molecular formula is C15H29ClN2O. The van der Waals surface area contributed by atoms with E-state index in [1.807, 2.05) is 0 Å². The van der Waals surface area contributed by atoms with Crippen LogP contribution in [0.2, 0.25) is 0 Å². The molecule has 1 spiro atoms. The molecule has 0 radical (unpaired) electrons. The zero-order chi connectivity index (χ0) is 13.4. The van der Waals surface area contributed by atoms with Crippen molar-refractivity contribution in [3.05, 3.63) is 0 Å². The summed E-state index contributed by atoms with van der Waals surface area (Å²) in [7, 11) is 0. The minimum atomic E-state index is 0. The smallest absolute Gasteiger partial charge is 0.223 e. The lowest BCUT2D eigenvalue weighted by Crippen LogP contribution is -2.45. The maximum atomic E-state index is 12.4. The Morgan fingerprint density at radius 2 is 1.95 bits per heavy atom. The number of hydrogen-bond acceptors (Lipinski definition) is 2. The highest BCUT2D eigenvalue weighted by Crippen LogP contribution is 2.58. The van der Waals surface area contributed by atoms with Gasteiger partial charge in [-0.1, -0.05) is 27.7 Å². The van der Waals surface area contributed by atoms with Crippen LogP contribution in [0.25, 0.3) is 0 Å². The average molecular weight is 289 g/mol. The van der Waals surface area contributed by atoms with Gasteiger partial charge in [-0.05, 0) is 49.6 Å². The van der Waals surface area contributed by atoms with E-state index in [9.17, 15) is 4.79 Å². The minimum Gasteiger partial charge on any atom is -0.353 e. The predicted octanol–water partition coefficient (Wildman–Crippen LogP) is 2.74. The number of rotatable bonds is 3. The molecule has 2 N–H and O–H groups in total. The van der Waals surface area contributed by atoms with E-state index in [-0.39, 0.29) is 23.7 Å². The molecule has 0 aromatic heterocycles. The molecule has 1 saturated heterocycles. The van der Waals surface area contributed by atoms with Gasteiger partial charge in [-0.25, -0.2) is 0 Å². The van der Waals surface area contributed by atoms with Crippen LogP contribution in [-0.2, 0) is 4.79 Å². The van der Waals surface area contributed by atoms with Crippen LogP contribution in [-0.4, -0.2) is 25.0 Å². The monoisotopic (exact) mass is 288 g/mol. The van der Waals surface area contributed by atoms with Crippen LogP contribution < -0.4 is 10.6 Å². The second-order valence-electron chi connectivity index (χ2n) is 7.20. The molecular weight excluding hydrogens is 260 g/mol. The lowest BCUT2D eigenvalue weighted by atomic mass is 9.84. The van der Waals surface area contributed by atoms with Crippen molar-refractivity contribution in [2.24, 2.45) is 16.7 Å². The lowest BCUT2D eigenvalue weighted by molar-refractivity contribution is -0.124. The van der Waals surface area contributed by atoms with Crippen molar-refractivity contribution in [1.29, 1.82) is 0 Å². The van der Waals surface area contributed by atoms with Crippen molar-refractivity contribution in [1.82, 2.24) is 10.6 Å². The number of carbonyl (C=O) groups excluding carboxylic acids is 1. The van der Waals surface area contributed by atoms with E-state index in [2.05, 4.69) is 38.3 Å². The number of hydrogen-bond donors (Lipinski definition) is 2. The SMILES string of the molecule is CCC(NC(=O)C1CC12CCNCC2)C(C)(C)C.Cl. The van der Waals surface area contributed by atoms with Crippen molar-refractivity contribution < 1.29 is 4.79 Å². The van der Waals surface area contributed by atoms with E-state index in [0.717, 1.165) is 25.9 Å². The summed E-state index contributed by atoms with van der Waals surface area (Å²) in [6.07, 6.45) is 4.48. The number of nitrogens with one attached hydrogen (secondary N) is 2. The van der Waals surface area contributed by atoms with Gasteiger partial charge in [0.15, 0.2) is 0 Å².